The topological polar surface area (TPSA) is 50.7 Å². The monoisotopic (exact) mass is 288 g/mol. The van der Waals surface area contributed by atoms with Crippen molar-refractivity contribution in [1.82, 2.24) is 20.3 Å². The molecule has 0 radical (unpaired) electrons. The summed E-state index contributed by atoms with van der Waals surface area (Å²) in [5.41, 5.74) is 5.28. The van der Waals surface area contributed by atoms with Crippen LogP contribution in [0.25, 0.3) is 10.7 Å². The van der Waals surface area contributed by atoms with Crippen molar-refractivity contribution in [2.75, 3.05) is 6.54 Å². The summed E-state index contributed by atoms with van der Waals surface area (Å²) in [5.74, 6) is 1.25. The van der Waals surface area contributed by atoms with Gasteiger partial charge in [-0.1, -0.05) is 6.92 Å². The smallest absolute Gasteiger partial charge is 0.171 e. The van der Waals surface area contributed by atoms with E-state index in [4.69, 9.17) is 0 Å². The number of aryl methyl sites for hydroxylation is 2. The van der Waals surface area contributed by atoms with Gasteiger partial charge in [0.05, 0.1) is 10.4 Å². The Balaban J connectivity index is 1.83. The van der Waals surface area contributed by atoms with Crippen molar-refractivity contribution in [1.29, 1.82) is 0 Å². The van der Waals surface area contributed by atoms with Crippen molar-refractivity contribution in [3.63, 3.8) is 0 Å². The molecule has 1 fully saturated rings. The Bertz CT molecular complexity index is 567. The molecule has 3 rings (SSSR count). The Hall–Kier alpha value is -1.33. The first-order chi connectivity index (χ1) is 9.65. The van der Waals surface area contributed by atoms with Crippen LogP contribution < -0.4 is 5.32 Å². The van der Waals surface area contributed by atoms with Crippen molar-refractivity contribution in [3.05, 3.63) is 28.7 Å². The summed E-state index contributed by atoms with van der Waals surface area (Å²) in [4.78, 5) is 14.5. The summed E-state index contributed by atoms with van der Waals surface area (Å²) >= 11 is 1.58. The minimum atomic E-state index is 0.450. The van der Waals surface area contributed by atoms with Gasteiger partial charge in [-0.2, -0.15) is 0 Å². The molecule has 106 valence electrons. The quantitative estimate of drug-likeness (QED) is 0.918. The van der Waals surface area contributed by atoms with E-state index in [1.165, 1.54) is 18.4 Å². The van der Waals surface area contributed by atoms with Gasteiger partial charge < -0.3 is 5.32 Å². The highest BCUT2D eigenvalue weighted by Gasteiger charge is 2.23. The second kappa shape index (κ2) is 5.58. The van der Waals surface area contributed by atoms with Crippen LogP contribution in [0.1, 0.15) is 42.6 Å². The minimum absolute atomic E-state index is 0.450. The molecule has 20 heavy (non-hydrogen) atoms. The average molecular weight is 288 g/mol. The molecule has 2 heterocycles. The van der Waals surface area contributed by atoms with Gasteiger partial charge in [0.1, 0.15) is 0 Å². The molecular weight excluding hydrogens is 268 g/mol. The SMILES string of the molecule is Cc1nc(-c2cncs2)nc(C)c1C(C)CNC1CC1. The number of aromatic nitrogens is 3. The third-order valence-electron chi connectivity index (χ3n) is 3.76. The average Bonchev–Trinajstić information content (AvgIpc) is 3.07. The minimum Gasteiger partial charge on any atom is -0.313 e. The van der Waals surface area contributed by atoms with Crippen molar-refractivity contribution >= 4 is 11.3 Å². The Morgan fingerprint density at radius 3 is 2.55 bits per heavy atom. The summed E-state index contributed by atoms with van der Waals surface area (Å²) in [7, 11) is 0. The van der Waals surface area contributed by atoms with Gasteiger partial charge in [0.2, 0.25) is 0 Å². The van der Waals surface area contributed by atoms with Gasteiger partial charge in [-0.3, -0.25) is 4.98 Å². The van der Waals surface area contributed by atoms with E-state index >= 15 is 0 Å². The molecule has 1 aliphatic carbocycles. The summed E-state index contributed by atoms with van der Waals surface area (Å²) in [6.07, 6.45) is 4.48. The molecule has 1 unspecified atom stereocenters. The molecule has 0 amide bonds. The van der Waals surface area contributed by atoms with Gasteiger partial charge in [-0.25, -0.2) is 9.97 Å². The second-order valence-electron chi connectivity index (χ2n) is 5.58. The maximum Gasteiger partial charge on any atom is 0.171 e. The molecule has 1 saturated carbocycles. The molecule has 1 N–H and O–H groups in total. The molecular formula is C15H20N4S. The molecule has 0 aliphatic heterocycles. The van der Waals surface area contributed by atoms with E-state index in [0.717, 1.165) is 34.7 Å². The first kappa shape index (κ1) is 13.6. The van der Waals surface area contributed by atoms with Crippen LogP contribution in [0.2, 0.25) is 0 Å². The van der Waals surface area contributed by atoms with Gasteiger partial charge >= 0.3 is 0 Å². The molecule has 2 aromatic heterocycles. The van der Waals surface area contributed by atoms with Crippen LogP contribution in [0.4, 0.5) is 0 Å². The predicted molar refractivity (Wildman–Crippen MR) is 82.1 cm³/mol. The van der Waals surface area contributed by atoms with Crippen molar-refractivity contribution in [2.45, 2.75) is 45.6 Å². The number of hydrogen-bond acceptors (Lipinski definition) is 5. The van der Waals surface area contributed by atoms with E-state index in [9.17, 15) is 0 Å². The summed E-state index contributed by atoms with van der Waals surface area (Å²) in [6, 6.07) is 0.746. The number of nitrogens with one attached hydrogen (secondary N) is 1. The van der Waals surface area contributed by atoms with Crippen molar-refractivity contribution in [3.8, 4) is 10.7 Å². The number of rotatable bonds is 5. The zero-order chi connectivity index (χ0) is 14.1. The summed E-state index contributed by atoms with van der Waals surface area (Å²) in [5, 5.41) is 3.59. The molecule has 0 bridgehead atoms. The van der Waals surface area contributed by atoms with E-state index in [-0.39, 0.29) is 0 Å². The normalized spacial score (nSPS) is 16.4. The van der Waals surface area contributed by atoms with E-state index in [2.05, 4.69) is 41.0 Å². The third-order valence-corrected chi connectivity index (χ3v) is 4.53. The van der Waals surface area contributed by atoms with Crippen LogP contribution in [-0.2, 0) is 0 Å². The first-order valence-corrected chi connectivity index (χ1v) is 8.00. The van der Waals surface area contributed by atoms with E-state index < -0.39 is 0 Å². The molecule has 0 spiro atoms. The molecule has 1 aliphatic rings. The van der Waals surface area contributed by atoms with Gasteiger partial charge in [-0.05, 0) is 38.2 Å². The zero-order valence-electron chi connectivity index (χ0n) is 12.2. The molecule has 0 saturated heterocycles. The zero-order valence-corrected chi connectivity index (χ0v) is 13.0. The van der Waals surface area contributed by atoms with Crippen LogP contribution in [-0.4, -0.2) is 27.5 Å². The van der Waals surface area contributed by atoms with Crippen LogP contribution >= 0.6 is 11.3 Å². The lowest BCUT2D eigenvalue weighted by Gasteiger charge is -2.17. The lowest BCUT2D eigenvalue weighted by molar-refractivity contribution is 0.603. The first-order valence-electron chi connectivity index (χ1n) is 7.12. The Labute approximate surface area is 123 Å². The maximum absolute atomic E-state index is 4.67. The fourth-order valence-electron chi connectivity index (χ4n) is 2.61. The van der Waals surface area contributed by atoms with Crippen LogP contribution in [0.3, 0.4) is 0 Å². The van der Waals surface area contributed by atoms with Crippen molar-refractivity contribution < 1.29 is 0 Å². The van der Waals surface area contributed by atoms with Gasteiger partial charge in [0.15, 0.2) is 5.82 Å². The third kappa shape index (κ3) is 2.88. The van der Waals surface area contributed by atoms with E-state index in [1.54, 1.807) is 11.3 Å². The maximum atomic E-state index is 4.67. The largest absolute Gasteiger partial charge is 0.313 e. The molecule has 2 aromatic rings. The van der Waals surface area contributed by atoms with Crippen LogP contribution in [0, 0.1) is 13.8 Å². The Kier molecular flexibility index (Phi) is 3.81. The number of nitrogens with zero attached hydrogens (tertiary/aromatic N) is 3. The van der Waals surface area contributed by atoms with Crippen molar-refractivity contribution in [2.24, 2.45) is 0 Å². The highest BCUT2D eigenvalue weighted by Crippen LogP contribution is 2.27. The standard InChI is InChI=1S/C15H20N4S/c1-9(6-17-12-4-5-12)14-10(2)18-15(19-11(14)3)13-7-16-8-20-13/h7-9,12,17H,4-6H2,1-3H3. The Morgan fingerprint density at radius 1 is 1.30 bits per heavy atom. The summed E-state index contributed by atoms with van der Waals surface area (Å²) < 4.78 is 0. The summed E-state index contributed by atoms with van der Waals surface area (Å²) in [6.45, 7) is 7.43. The highest BCUT2D eigenvalue weighted by atomic mass is 32.1. The predicted octanol–water partition coefficient (Wildman–Crippen LogP) is 3.07. The van der Waals surface area contributed by atoms with E-state index in [1.807, 2.05) is 11.7 Å². The lowest BCUT2D eigenvalue weighted by atomic mass is 9.98. The highest BCUT2D eigenvalue weighted by molar-refractivity contribution is 7.13. The van der Waals surface area contributed by atoms with E-state index in [0.29, 0.717) is 5.92 Å². The van der Waals surface area contributed by atoms with Gasteiger partial charge in [0.25, 0.3) is 0 Å². The fourth-order valence-corrected chi connectivity index (χ4v) is 3.16. The second-order valence-corrected chi connectivity index (χ2v) is 6.47. The van der Waals surface area contributed by atoms with Gasteiger partial charge in [-0.15, -0.1) is 11.3 Å². The Morgan fingerprint density at radius 2 is 2.00 bits per heavy atom. The lowest BCUT2D eigenvalue weighted by Crippen LogP contribution is -2.23. The van der Waals surface area contributed by atoms with Gasteiger partial charge in [0, 0.05) is 30.2 Å². The molecule has 0 aromatic carbocycles. The van der Waals surface area contributed by atoms with Crippen LogP contribution in [0.15, 0.2) is 11.7 Å². The number of hydrogen-bond donors (Lipinski definition) is 1. The number of thiazole rings is 1. The molecule has 1 atom stereocenters. The molecule has 4 nitrogen and oxygen atoms in total. The molecule has 5 heteroatoms. The van der Waals surface area contributed by atoms with Crippen LogP contribution in [0.5, 0.6) is 0 Å². The fraction of sp³-hybridized carbons (Fsp3) is 0.533.